The number of hydrogen-bond acceptors (Lipinski definition) is 7. The number of fused-ring (bicyclic) bond motifs is 1. The molecule has 2 aromatic carbocycles. The SMILES string of the molecule is COc1cc(/C=N/NC(=O)C(OC)C2Cc3ccccc3S2)cc(OC)c1OC. The molecule has 0 bridgehead atoms. The van der Waals surface area contributed by atoms with E-state index in [9.17, 15) is 4.79 Å². The van der Waals surface area contributed by atoms with E-state index in [0.717, 1.165) is 6.42 Å². The summed E-state index contributed by atoms with van der Waals surface area (Å²) in [6.07, 6.45) is 1.69. The summed E-state index contributed by atoms with van der Waals surface area (Å²) >= 11 is 1.66. The predicted molar refractivity (Wildman–Crippen MR) is 112 cm³/mol. The van der Waals surface area contributed by atoms with Crippen LogP contribution in [0.15, 0.2) is 46.4 Å². The van der Waals surface area contributed by atoms with Crippen molar-refractivity contribution in [3.63, 3.8) is 0 Å². The van der Waals surface area contributed by atoms with Crippen molar-refractivity contribution in [3.05, 3.63) is 47.5 Å². The average Bonchev–Trinajstić information content (AvgIpc) is 3.17. The monoisotopic (exact) mass is 416 g/mol. The first-order valence-corrected chi connectivity index (χ1v) is 9.89. The van der Waals surface area contributed by atoms with Gasteiger partial charge >= 0.3 is 0 Å². The molecule has 29 heavy (non-hydrogen) atoms. The number of hydrogen-bond donors (Lipinski definition) is 1. The van der Waals surface area contributed by atoms with Gasteiger partial charge in [0.25, 0.3) is 5.91 Å². The maximum absolute atomic E-state index is 12.6. The second-order valence-corrected chi connectivity index (χ2v) is 7.60. The third-order valence-electron chi connectivity index (χ3n) is 4.60. The molecular weight excluding hydrogens is 392 g/mol. The number of benzene rings is 2. The summed E-state index contributed by atoms with van der Waals surface area (Å²) in [7, 11) is 6.16. The van der Waals surface area contributed by atoms with Crippen LogP contribution in [-0.2, 0) is 16.0 Å². The molecule has 1 heterocycles. The van der Waals surface area contributed by atoms with Crippen molar-refractivity contribution >= 4 is 23.9 Å². The Morgan fingerprint density at radius 3 is 2.41 bits per heavy atom. The lowest BCUT2D eigenvalue weighted by Gasteiger charge is -2.19. The Labute approximate surface area is 174 Å². The lowest BCUT2D eigenvalue weighted by molar-refractivity contribution is -0.130. The normalized spacial score (nSPS) is 16.3. The molecule has 154 valence electrons. The quantitative estimate of drug-likeness (QED) is 0.527. The van der Waals surface area contributed by atoms with Gasteiger partial charge in [-0.25, -0.2) is 5.43 Å². The number of hydrazone groups is 1. The number of amides is 1. The fourth-order valence-electron chi connectivity index (χ4n) is 3.22. The fraction of sp³-hybridized carbons (Fsp3) is 0.333. The molecule has 1 amide bonds. The first-order valence-electron chi connectivity index (χ1n) is 9.01. The molecule has 1 N–H and O–H groups in total. The van der Waals surface area contributed by atoms with Gasteiger partial charge in [-0.3, -0.25) is 4.79 Å². The maximum Gasteiger partial charge on any atom is 0.270 e. The molecule has 0 aliphatic carbocycles. The lowest BCUT2D eigenvalue weighted by Crippen LogP contribution is -2.40. The van der Waals surface area contributed by atoms with Gasteiger partial charge in [-0.1, -0.05) is 18.2 Å². The molecule has 0 spiro atoms. The highest BCUT2D eigenvalue weighted by Gasteiger charge is 2.34. The van der Waals surface area contributed by atoms with Crippen LogP contribution in [0, 0.1) is 0 Å². The number of ether oxygens (including phenoxy) is 4. The van der Waals surface area contributed by atoms with Crippen LogP contribution in [0.4, 0.5) is 0 Å². The van der Waals surface area contributed by atoms with Gasteiger partial charge in [0.1, 0.15) is 6.10 Å². The van der Waals surface area contributed by atoms with Crippen molar-refractivity contribution in [3.8, 4) is 17.2 Å². The Kier molecular flexibility index (Phi) is 7.00. The van der Waals surface area contributed by atoms with Crippen molar-refractivity contribution in [1.29, 1.82) is 0 Å². The predicted octanol–water partition coefficient (Wildman–Crippen LogP) is 2.89. The second-order valence-electron chi connectivity index (χ2n) is 6.32. The van der Waals surface area contributed by atoms with E-state index in [0.29, 0.717) is 22.8 Å². The van der Waals surface area contributed by atoms with Gasteiger partial charge < -0.3 is 18.9 Å². The molecule has 2 atom stereocenters. The van der Waals surface area contributed by atoms with Gasteiger partial charge in [-0.05, 0) is 30.2 Å². The Morgan fingerprint density at radius 1 is 1.14 bits per heavy atom. The van der Waals surface area contributed by atoms with Crippen LogP contribution in [0.25, 0.3) is 0 Å². The summed E-state index contributed by atoms with van der Waals surface area (Å²) in [6.45, 7) is 0. The van der Waals surface area contributed by atoms with Crippen LogP contribution in [0.3, 0.4) is 0 Å². The topological polar surface area (TPSA) is 78.4 Å². The molecule has 8 heteroatoms. The van der Waals surface area contributed by atoms with Gasteiger partial charge in [-0.15, -0.1) is 11.8 Å². The van der Waals surface area contributed by atoms with E-state index < -0.39 is 6.10 Å². The molecule has 0 saturated carbocycles. The molecule has 0 radical (unpaired) electrons. The number of carbonyl (C=O) groups excluding carboxylic acids is 1. The number of methoxy groups -OCH3 is 4. The van der Waals surface area contributed by atoms with E-state index in [2.05, 4.69) is 22.7 Å². The summed E-state index contributed by atoms with van der Waals surface area (Å²) in [5.74, 6) is 1.22. The Morgan fingerprint density at radius 2 is 1.83 bits per heavy atom. The zero-order chi connectivity index (χ0) is 20.8. The lowest BCUT2D eigenvalue weighted by atomic mass is 10.1. The van der Waals surface area contributed by atoms with E-state index >= 15 is 0 Å². The van der Waals surface area contributed by atoms with Crippen molar-refractivity contribution < 1.29 is 23.7 Å². The molecule has 7 nitrogen and oxygen atoms in total. The van der Waals surface area contributed by atoms with Crippen molar-refractivity contribution in [2.45, 2.75) is 22.7 Å². The van der Waals surface area contributed by atoms with E-state index in [1.165, 1.54) is 23.8 Å². The maximum atomic E-state index is 12.6. The standard InChI is InChI=1S/C21H24N2O5S/c1-25-15-9-13(10-16(26-2)19(15)27-3)12-22-23-21(24)20(28-4)18-11-14-7-5-6-8-17(14)29-18/h5-10,12,18,20H,11H2,1-4H3,(H,23,24)/b22-12+. The fourth-order valence-corrected chi connectivity index (χ4v) is 4.62. The summed E-state index contributed by atoms with van der Waals surface area (Å²) in [6, 6.07) is 11.6. The van der Waals surface area contributed by atoms with Gasteiger partial charge in [0.15, 0.2) is 11.5 Å². The zero-order valence-electron chi connectivity index (χ0n) is 16.8. The van der Waals surface area contributed by atoms with E-state index in [-0.39, 0.29) is 11.2 Å². The van der Waals surface area contributed by atoms with Crippen LogP contribution >= 0.6 is 11.8 Å². The molecule has 0 saturated heterocycles. The molecular formula is C21H24N2O5S. The molecule has 1 aliphatic rings. The third-order valence-corrected chi connectivity index (χ3v) is 5.97. The highest BCUT2D eigenvalue weighted by molar-refractivity contribution is 8.00. The Hall–Kier alpha value is -2.71. The summed E-state index contributed by atoms with van der Waals surface area (Å²) in [5, 5.41) is 4.08. The molecule has 2 aromatic rings. The summed E-state index contributed by atoms with van der Waals surface area (Å²) in [4.78, 5) is 13.8. The first-order chi connectivity index (χ1) is 14.1. The minimum atomic E-state index is -0.607. The van der Waals surface area contributed by atoms with Crippen molar-refractivity contribution in [2.24, 2.45) is 5.10 Å². The average molecular weight is 416 g/mol. The zero-order valence-corrected chi connectivity index (χ0v) is 17.6. The van der Waals surface area contributed by atoms with E-state index in [1.54, 1.807) is 45.2 Å². The molecule has 3 rings (SSSR count). The molecule has 1 aliphatic heterocycles. The number of thioether (sulfide) groups is 1. The largest absolute Gasteiger partial charge is 0.493 e. The highest BCUT2D eigenvalue weighted by atomic mass is 32.2. The van der Waals surface area contributed by atoms with Crippen LogP contribution < -0.4 is 19.6 Å². The van der Waals surface area contributed by atoms with Crippen molar-refractivity contribution in [2.75, 3.05) is 28.4 Å². The minimum Gasteiger partial charge on any atom is -0.493 e. The number of nitrogens with zero attached hydrogens (tertiary/aromatic N) is 1. The van der Waals surface area contributed by atoms with Crippen molar-refractivity contribution in [1.82, 2.24) is 5.43 Å². The Balaban J connectivity index is 1.67. The summed E-state index contributed by atoms with van der Waals surface area (Å²) in [5.41, 5.74) is 4.49. The van der Waals surface area contributed by atoms with Gasteiger partial charge in [0, 0.05) is 22.8 Å². The van der Waals surface area contributed by atoms with E-state index in [1.807, 2.05) is 12.1 Å². The van der Waals surface area contributed by atoms with E-state index in [4.69, 9.17) is 18.9 Å². The van der Waals surface area contributed by atoms with Crippen LogP contribution in [0.5, 0.6) is 17.2 Å². The summed E-state index contributed by atoms with van der Waals surface area (Å²) < 4.78 is 21.4. The minimum absolute atomic E-state index is 0.00812. The number of rotatable bonds is 8. The third kappa shape index (κ3) is 4.65. The number of carbonyl (C=O) groups is 1. The van der Waals surface area contributed by atoms with Crippen LogP contribution in [-0.4, -0.2) is 51.9 Å². The Bertz CT molecular complexity index is 852. The number of nitrogens with one attached hydrogen (secondary N) is 1. The van der Waals surface area contributed by atoms with Gasteiger partial charge in [0.2, 0.25) is 5.75 Å². The first kappa shape index (κ1) is 21.0. The van der Waals surface area contributed by atoms with Gasteiger partial charge in [-0.2, -0.15) is 5.10 Å². The molecule has 0 aromatic heterocycles. The highest BCUT2D eigenvalue weighted by Crippen LogP contribution is 2.39. The van der Waals surface area contributed by atoms with Gasteiger partial charge in [0.05, 0.1) is 27.5 Å². The molecule has 2 unspecified atom stereocenters. The molecule has 0 fully saturated rings. The second kappa shape index (κ2) is 9.67. The smallest absolute Gasteiger partial charge is 0.270 e. The van der Waals surface area contributed by atoms with Crippen LogP contribution in [0.2, 0.25) is 0 Å². The van der Waals surface area contributed by atoms with Crippen LogP contribution in [0.1, 0.15) is 11.1 Å².